The van der Waals surface area contributed by atoms with E-state index in [9.17, 15) is 9.59 Å². The first-order valence-corrected chi connectivity index (χ1v) is 12.9. The highest BCUT2D eigenvalue weighted by atomic mass is 16.2. The van der Waals surface area contributed by atoms with Gasteiger partial charge < -0.3 is 0 Å². The number of benzene rings is 1. The zero-order valence-corrected chi connectivity index (χ0v) is 21.8. The predicted octanol–water partition coefficient (Wildman–Crippen LogP) is 3.51. The summed E-state index contributed by atoms with van der Waals surface area (Å²) >= 11 is 0. The molecule has 1 aliphatic rings. The third kappa shape index (κ3) is 4.55. The van der Waals surface area contributed by atoms with Gasteiger partial charge in [-0.25, -0.2) is 9.48 Å². The van der Waals surface area contributed by atoms with Crippen molar-refractivity contribution in [2.24, 2.45) is 4.99 Å². The SMILES string of the molecule is CCCCc1cn(-c2c(C(C)=O)cnn2CC)c(=O)n1CC1(c2cccc(-c3nn[nH]n3)c2)C=CN=CC1. The Morgan fingerprint density at radius 3 is 2.79 bits per heavy atom. The highest BCUT2D eigenvalue weighted by Crippen LogP contribution is 2.35. The molecule has 0 spiro atoms. The predicted molar refractivity (Wildman–Crippen MR) is 144 cm³/mol. The number of Topliss-reactive ketones (excluding diaryl/α,β-unsaturated/α-hetero) is 1. The topological polar surface area (TPSA) is 129 Å². The molecule has 0 saturated heterocycles. The lowest BCUT2D eigenvalue weighted by Gasteiger charge is -2.32. The summed E-state index contributed by atoms with van der Waals surface area (Å²) in [4.78, 5) is 30.8. The number of nitrogens with one attached hydrogen (secondary N) is 1. The zero-order valence-electron chi connectivity index (χ0n) is 21.8. The molecule has 11 nitrogen and oxygen atoms in total. The Labute approximate surface area is 219 Å². The van der Waals surface area contributed by atoms with Gasteiger partial charge in [-0.1, -0.05) is 37.6 Å². The van der Waals surface area contributed by atoms with Crippen LogP contribution >= 0.6 is 0 Å². The van der Waals surface area contributed by atoms with Crippen LogP contribution in [-0.4, -0.2) is 51.5 Å². The van der Waals surface area contributed by atoms with Crippen LogP contribution in [0.3, 0.4) is 0 Å². The fraction of sp³-hybridized carbons (Fsp3) is 0.370. The number of hydrogen-bond acceptors (Lipinski definition) is 7. The van der Waals surface area contributed by atoms with Gasteiger partial charge in [-0.3, -0.25) is 18.9 Å². The maximum Gasteiger partial charge on any atom is 0.334 e. The van der Waals surface area contributed by atoms with Crippen LogP contribution < -0.4 is 5.69 Å². The molecule has 4 heterocycles. The maximum absolute atomic E-state index is 14.1. The van der Waals surface area contributed by atoms with Crippen molar-refractivity contribution < 1.29 is 4.79 Å². The first-order valence-electron chi connectivity index (χ1n) is 12.9. The number of nitrogens with zero attached hydrogens (tertiary/aromatic N) is 8. The summed E-state index contributed by atoms with van der Waals surface area (Å²) in [6.07, 6.45) is 12.4. The molecule has 196 valence electrons. The minimum Gasteiger partial charge on any atom is -0.295 e. The van der Waals surface area contributed by atoms with Crippen molar-refractivity contribution >= 4 is 12.0 Å². The van der Waals surface area contributed by atoms with Gasteiger partial charge in [-0.05, 0) is 50.0 Å². The zero-order chi connectivity index (χ0) is 26.7. The Balaban J connectivity index is 1.64. The number of hydrogen-bond donors (Lipinski definition) is 1. The molecule has 0 bridgehead atoms. The van der Waals surface area contributed by atoms with Gasteiger partial charge >= 0.3 is 5.69 Å². The lowest BCUT2D eigenvalue weighted by molar-refractivity contribution is 0.101. The summed E-state index contributed by atoms with van der Waals surface area (Å²) < 4.78 is 5.13. The van der Waals surface area contributed by atoms with Crippen LogP contribution in [-0.2, 0) is 24.9 Å². The molecule has 1 atom stereocenters. The van der Waals surface area contributed by atoms with Crippen LogP contribution in [0.5, 0.6) is 0 Å². The van der Waals surface area contributed by atoms with Crippen molar-refractivity contribution in [2.75, 3.05) is 0 Å². The van der Waals surface area contributed by atoms with Crippen LogP contribution in [0.15, 0.2) is 58.7 Å². The number of unbranched alkanes of at least 4 members (excludes halogenated alkanes) is 1. The molecule has 1 aromatic carbocycles. The quantitative estimate of drug-likeness (QED) is 0.323. The number of rotatable bonds is 10. The van der Waals surface area contributed by atoms with E-state index < -0.39 is 5.41 Å². The smallest absolute Gasteiger partial charge is 0.295 e. The van der Waals surface area contributed by atoms with Gasteiger partial charge in [0.25, 0.3) is 0 Å². The highest BCUT2D eigenvalue weighted by molar-refractivity contribution is 5.96. The third-order valence-corrected chi connectivity index (χ3v) is 7.09. The lowest BCUT2D eigenvalue weighted by Crippen LogP contribution is -2.37. The number of aryl methyl sites for hydroxylation is 2. The molecule has 11 heteroatoms. The van der Waals surface area contributed by atoms with Crippen molar-refractivity contribution in [3.05, 3.63) is 76.2 Å². The Morgan fingerprint density at radius 1 is 1.24 bits per heavy atom. The second-order valence-electron chi connectivity index (χ2n) is 9.54. The molecular weight excluding hydrogens is 482 g/mol. The van der Waals surface area contributed by atoms with Gasteiger partial charge in [0, 0.05) is 48.4 Å². The number of aliphatic imine (C=N–C) groups is 1. The Hall–Kier alpha value is -4.41. The lowest BCUT2D eigenvalue weighted by atomic mass is 9.76. The summed E-state index contributed by atoms with van der Waals surface area (Å²) in [6.45, 7) is 6.52. The molecule has 1 unspecified atom stereocenters. The van der Waals surface area contributed by atoms with E-state index in [4.69, 9.17) is 0 Å². The van der Waals surface area contributed by atoms with Crippen LogP contribution in [0.25, 0.3) is 17.2 Å². The summed E-state index contributed by atoms with van der Waals surface area (Å²) in [5.41, 5.74) is 2.48. The van der Waals surface area contributed by atoms with E-state index in [2.05, 4.69) is 49.8 Å². The number of carbonyl (C=O) groups excluding carboxylic acids is 1. The Bertz CT molecular complexity index is 1560. The molecule has 3 aromatic heterocycles. The Kier molecular flexibility index (Phi) is 6.99. The van der Waals surface area contributed by atoms with E-state index in [-0.39, 0.29) is 11.5 Å². The van der Waals surface area contributed by atoms with E-state index in [1.54, 1.807) is 21.6 Å². The second kappa shape index (κ2) is 10.5. The van der Waals surface area contributed by atoms with Gasteiger partial charge in [0.15, 0.2) is 5.78 Å². The summed E-state index contributed by atoms with van der Waals surface area (Å²) in [5.74, 6) is 0.887. The van der Waals surface area contributed by atoms with E-state index in [1.807, 2.05) is 42.1 Å². The molecular formula is C27H31N9O2. The number of allylic oxidation sites excluding steroid dienone is 1. The number of imidazole rings is 1. The number of H-pyrrole nitrogens is 1. The first-order chi connectivity index (χ1) is 18.5. The maximum atomic E-state index is 14.1. The minimum atomic E-state index is -0.521. The highest BCUT2D eigenvalue weighted by Gasteiger charge is 2.33. The number of tetrazole rings is 1. The van der Waals surface area contributed by atoms with Gasteiger partial charge in [0.1, 0.15) is 5.82 Å². The average molecular weight is 514 g/mol. The molecule has 38 heavy (non-hydrogen) atoms. The van der Waals surface area contributed by atoms with E-state index >= 15 is 0 Å². The number of aromatic nitrogens is 8. The molecule has 1 N–H and O–H groups in total. The molecule has 0 radical (unpaired) electrons. The van der Waals surface area contributed by atoms with Gasteiger partial charge in [0.2, 0.25) is 5.82 Å². The van der Waals surface area contributed by atoms with Crippen LogP contribution in [0.2, 0.25) is 0 Å². The van der Waals surface area contributed by atoms with Gasteiger partial charge in [-0.15, -0.1) is 10.2 Å². The second-order valence-corrected chi connectivity index (χ2v) is 9.54. The fourth-order valence-corrected chi connectivity index (χ4v) is 5.00. The molecule has 0 fully saturated rings. The monoisotopic (exact) mass is 513 g/mol. The summed E-state index contributed by atoms with van der Waals surface area (Å²) in [6, 6.07) is 8.00. The third-order valence-electron chi connectivity index (χ3n) is 7.09. The van der Waals surface area contributed by atoms with Gasteiger partial charge in [0.05, 0.1) is 11.8 Å². The molecule has 5 rings (SSSR count). The summed E-state index contributed by atoms with van der Waals surface area (Å²) in [7, 11) is 0. The van der Waals surface area contributed by atoms with Crippen LogP contribution in [0.1, 0.15) is 61.6 Å². The molecule has 0 saturated carbocycles. The normalized spacial score (nSPS) is 16.8. The van der Waals surface area contributed by atoms with Crippen LogP contribution in [0, 0.1) is 0 Å². The van der Waals surface area contributed by atoms with Crippen molar-refractivity contribution in [1.82, 2.24) is 39.5 Å². The van der Waals surface area contributed by atoms with E-state index in [0.29, 0.717) is 36.7 Å². The number of aromatic amines is 1. The fourth-order valence-electron chi connectivity index (χ4n) is 5.00. The Morgan fingerprint density at radius 2 is 2.11 bits per heavy atom. The molecule has 0 amide bonds. The van der Waals surface area contributed by atoms with Gasteiger partial charge in [-0.2, -0.15) is 10.3 Å². The number of carbonyl (C=O) groups is 1. The van der Waals surface area contributed by atoms with Crippen LogP contribution in [0.4, 0.5) is 0 Å². The molecule has 0 aliphatic carbocycles. The van der Waals surface area contributed by atoms with Crippen molar-refractivity contribution in [3.63, 3.8) is 0 Å². The standard InChI is InChI=1S/C27H31N9O2/c1-4-6-10-22-17-34(25-23(19(3)37)16-29-36(25)5-2)26(38)35(22)18-27(11-13-28-14-12-27)21-9-7-8-20(15-21)24-30-32-33-31-24/h7-9,11,13-17H,4-6,10,12,18H2,1-3H3,(H,30,31,32,33). The first kappa shape index (κ1) is 25.2. The largest absolute Gasteiger partial charge is 0.334 e. The summed E-state index contributed by atoms with van der Waals surface area (Å²) in [5, 5.41) is 18.8. The molecule has 1 aliphatic heterocycles. The number of ketones is 1. The van der Waals surface area contributed by atoms with Crippen molar-refractivity contribution in [3.8, 4) is 17.2 Å². The average Bonchev–Trinajstić information content (AvgIpc) is 3.68. The minimum absolute atomic E-state index is 0.129. The van der Waals surface area contributed by atoms with Crippen molar-refractivity contribution in [1.29, 1.82) is 0 Å². The van der Waals surface area contributed by atoms with E-state index in [1.165, 1.54) is 6.92 Å². The van der Waals surface area contributed by atoms with E-state index in [0.717, 1.165) is 36.1 Å². The molecule has 4 aromatic rings. The van der Waals surface area contributed by atoms with Crippen molar-refractivity contribution in [2.45, 2.75) is 65.0 Å².